The molecular formula is C21H25N3O2S2. The molecule has 0 fully saturated rings. The number of likely N-dealkylation sites (N-methyl/N-ethyl adjacent to an activating group) is 1. The summed E-state index contributed by atoms with van der Waals surface area (Å²) in [6.45, 7) is 3.46. The predicted octanol–water partition coefficient (Wildman–Crippen LogP) is 4.63. The number of thioether (sulfide) groups is 1. The second-order valence-corrected chi connectivity index (χ2v) is 8.89. The van der Waals surface area contributed by atoms with Crippen molar-refractivity contribution in [2.45, 2.75) is 11.8 Å². The van der Waals surface area contributed by atoms with Gasteiger partial charge >= 0.3 is 0 Å². The average molecular weight is 416 g/mol. The molecule has 0 saturated heterocycles. The number of hydrogen-bond donors (Lipinski definition) is 0. The van der Waals surface area contributed by atoms with E-state index in [1.54, 1.807) is 23.8 Å². The van der Waals surface area contributed by atoms with Gasteiger partial charge in [0.25, 0.3) is 5.91 Å². The van der Waals surface area contributed by atoms with Crippen LogP contribution in [0.5, 0.6) is 5.75 Å². The van der Waals surface area contributed by atoms with Gasteiger partial charge < -0.3 is 9.64 Å². The van der Waals surface area contributed by atoms with Gasteiger partial charge in [0.15, 0.2) is 5.13 Å². The van der Waals surface area contributed by atoms with Crippen LogP contribution in [0.3, 0.4) is 0 Å². The standard InChI is InChI=1S/C21H25N3O2S2/c1-5-27-17-9-6-15(7-10-17)20(25)24(13-12-23(2)3)21-22-18-11-8-16(26-4)14-19(18)28-21/h6-11,14H,5,12-13H2,1-4H3. The van der Waals surface area contributed by atoms with Crippen LogP contribution in [-0.2, 0) is 0 Å². The molecule has 2 aromatic carbocycles. The maximum absolute atomic E-state index is 13.3. The van der Waals surface area contributed by atoms with Gasteiger partial charge in [0.2, 0.25) is 0 Å². The van der Waals surface area contributed by atoms with Crippen LogP contribution in [0.25, 0.3) is 10.2 Å². The molecule has 0 spiro atoms. The smallest absolute Gasteiger partial charge is 0.260 e. The lowest BCUT2D eigenvalue weighted by Crippen LogP contribution is -2.36. The molecule has 148 valence electrons. The number of anilines is 1. The van der Waals surface area contributed by atoms with Crippen molar-refractivity contribution in [1.82, 2.24) is 9.88 Å². The van der Waals surface area contributed by atoms with Crippen LogP contribution in [0.15, 0.2) is 47.4 Å². The summed E-state index contributed by atoms with van der Waals surface area (Å²) in [4.78, 5) is 23.0. The number of carbonyl (C=O) groups excluding carboxylic acids is 1. The molecule has 0 unspecified atom stereocenters. The fourth-order valence-corrected chi connectivity index (χ4v) is 4.42. The van der Waals surface area contributed by atoms with Crippen molar-refractivity contribution >= 4 is 44.4 Å². The monoisotopic (exact) mass is 415 g/mol. The highest BCUT2D eigenvalue weighted by Gasteiger charge is 2.21. The molecule has 0 saturated carbocycles. The van der Waals surface area contributed by atoms with E-state index in [-0.39, 0.29) is 5.91 Å². The molecule has 1 heterocycles. The molecule has 0 aliphatic rings. The summed E-state index contributed by atoms with van der Waals surface area (Å²) in [6.07, 6.45) is 0. The second-order valence-electron chi connectivity index (χ2n) is 6.55. The Balaban J connectivity index is 1.92. The van der Waals surface area contributed by atoms with Gasteiger partial charge in [-0.25, -0.2) is 4.98 Å². The number of rotatable bonds is 8. The van der Waals surface area contributed by atoms with Crippen molar-refractivity contribution in [1.29, 1.82) is 0 Å². The zero-order chi connectivity index (χ0) is 20.1. The van der Waals surface area contributed by atoms with E-state index >= 15 is 0 Å². The third kappa shape index (κ3) is 4.84. The molecule has 0 radical (unpaired) electrons. The Morgan fingerprint density at radius 2 is 1.89 bits per heavy atom. The number of hydrogen-bond acceptors (Lipinski definition) is 6. The Morgan fingerprint density at radius 1 is 1.14 bits per heavy atom. The molecule has 7 heteroatoms. The summed E-state index contributed by atoms with van der Waals surface area (Å²) in [5, 5.41) is 0.710. The summed E-state index contributed by atoms with van der Waals surface area (Å²) in [6, 6.07) is 13.6. The molecule has 0 aliphatic heterocycles. The van der Waals surface area contributed by atoms with E-state index in [4.69, 9.17) is 9.72 Å². The minimum atomic E-state index is -0.0269. The number of carbonyl (C=O) groups is 1. The number of amides is 1. The SMILES string of the molecule is CCSc1ccc(C(=O)N(CCN(C)C)c2nc3ccc(OC)cc3s2)cc1. The molecule has 0 N–H and O–H groups in total. The maximum atomic E-state index is 13.3. The highest BCUT2D eigenvalue weighted by Crippen LogP contribution is 2.32. The quantitative estimate of drug-likeness (QED) is 0.502. The van der Waals surface area contributed by atoms with Gasteiger partial charge in [0.1, 0.15) is 5.75 Å². The Hall–Kier alpha value is -2.09. The molecule has 3 rings (SSSR count). The molecule has 0 atom stereocenters. The van der Waals surface area contributed by atoms with Crippen LogP contribution >= 0.6 is 23.1 Å². The van der Waals surface area contributed by atoms with Gasteiger partial charge in [-0.3, -0.25) is 9.69 Å². The van der Waals surface area contributed by atoms with Gasteiger partial charge in [-0.2, -0.15) is 0 Å². The summed E-state index contributed by atoms with van der Waals surface area (Å²) >= 11 is 3.28. The predicted molar refractivity (Wildman–Crippen MR) is 119 cm³/mol. The van der Waals surface area contributed by atoms with Crippen LogP contribution in [-0.4, -0.2) is 55.8 Å². The minimum absolute atomic E-state index is 0.0269. The van der Waals surface area contributed by atoms with Gasteiger partial charge in [-0.15, -0.1) is 11.8 Å². The summed E-state index contributed by atoms with van der Waals surface area (Å²) in [7, 11) is 5.65. The van der Waals surface area contributed by atoms with Crippen molar-refractivity contribution in [2.24, 2.45) is 0 Å². The molecule has 28 heavy (non-hydrogen) atoms. The van der Waals surface area contributed by atoms with Crippen LogP contribution in [0.4, 0.5) is 5.13 Å². The molecule has 1 amide bonds. The first kappa shape index (κ1) is 20.6. The lowest BCUT2D eigenvalue weighted by molar-refractivity contribution is 0.0985. The van der Waals surface area contributed by atoms with Crippen LogP contribution in [0.2, 0.25) is 0 Å². The van der Waals surface area contributed by atoms with E-state index in [2.05, 4.69) is 11.8 Å². The molecule has 0 bridgehead atoms. The van der Waals surface area contributed by atoms with Gasteiger partial charge in [0, 0.05) is 23.5 Å². The lowest BCUT2D eigenvalue weighted by Gasteiger charge is -2.22. The first-order valence-electron chi connectivity index (χ1n) is 9.16. The van der Waals surface area contributed by atoms with Gasteiger partial charge in [0.05, 0.1) is 17.3 Å². The highest BCUT2D eigenvalue weighted by molar-refractivity contribution is 7.99. The Kier molecular flexibility index (Phi) is 6.93. The Labute approximate surface area is 174 Å². The van der Waals surface area contributed by atoms with Crippen molar-refractivity contribution in [2.75, 3.05) is 44.9 Å². The number of methoxy groups -OCH3 is 1. The zero-order valence-electron chi connectivity index (χ0n) is 16.6. The van der Waals surface area contributed by atoms with E-state index in [1.807, 2.05) is 56.6 Å². The number of benzene rings is 2. The summed E-state index contributed by atoms with van der Waals surface area (Å²) in [5.41, 5.74) is 1.55. The second kappa shape index (κ2) is 9.41. The number of ether oxygens (including phenoxy) is 1. The number of aromatic nitrogens is 1. The number of fused-ring (bicyclic) bond motifs is 1. The van der Waals surface area contributed by atoms with E-state index in [1.165, 1.54) is 16.2 Å². The van der Waals surface area contributed by atoms with E-state index in [0.29, 0.717) is 17.2 Å². The summed E-state index contributed by atoms with van der Waals surface area (Å²) < 4.78 is 6.31. The van der Waals surface area contributed by atoms with E-state index in [0.717, 1.165) is 28.3 Å². The van der Waals surface area contributed by atoms with E-state index < -0.39 is 0 Å². The lowest BCUT2D eigenvalue weighted by atomic mass is 10.2. The molecule has 3 aromatic rings. The summed E-state index contributed by atoms with van der Waals surface area (Å²) in [5.74, 6) is 1.77. The maximum Gasteiger partial charge on any atom is 0.260 e. The van der Waals surface area contributed by atoms with Crippen molar-refractivity contribution < 1.29 is 9.53 Å². The number of thiazole rings is 1. The molecule has 5 nitrogen and oxygen atoms in total. The fraction of sp³-hybridized carbons (Fsp3) is 0.333. The molecular weight excluding hydrogens is 390 g/mol. The minimum Gasteiger partial charge on any atom is -0.497 e. The van der Waals surface area contributed by atoms with Crippen LogP contribution < -0.4 is 9.64 Å². The van der Waals surface area contributed by atoms with Crippen molar-refractivity contribution in [3.8, 4) is 5.75 Å². The Bertz CT molecular complexity index is 938. The molecule has 0 aliphatic carbocycles. The van der Waals surface area contributed by atoms with Crippen LogP contribution in [0.1, 0.15) is 17.3 Å². The highest BCUT2D eigenvalue weighted by atomic mass is 32.2. The topological polar surface area (TPSA) is 45.7 Å². The van der Waals surface area contributed by atoms with Crippen molar-refractivity contribution in [3.63, 3.8) is 0 Å². The normalized spacial score (nSPS) is 11.2. The first-order valence-corrected chi connectivity index (χ1v) is 11.0. The fourth-order valence-electron chi connectivity index (χ4n) is 2.74. The third-order valence-corrected chi connectivity index (χ3v) is 6.18. The average Bonchev–Trinajstić information content (AvgIpc) is 3.11. The van der Waals surface area contributed by atoms with Crippen molar-refractivity contribution in [3.05, 3.63) is 48.0 Å². The zero-order valence-corrected chi connectivity index (χ0v) is 18.3. The van der Waals surface area contributed by atoms with Gasteiger partial charge in [-0.1, -0.05) is 18.3 Å². The Morgan fingerprint density at radius 3 is 2.54 bits per heavy atom. The largest absolute Gasteiger partial charge is 0.497 e. The third-order valence-electron chi connectivity index (χ3n) is 4.24. The van der Waals surface area contributed by atoms with E-state index in [9.17, 15) is 4.79 Å². The molecule has 1 aromatic heterocycles. The van der Waals surface area contributed by atoms with Crippen LogP contribution in [0, 0.1) is 0 Å². The first-order chi connectivity index (χ1) is 13.5. The van der Waals surface area contributed by atoms with Gasteiger partial charge in [-0.05, 0) is 62.3 Å². The number of nitrogens with zero attached hydrogens (tertiary/aromatic N) is 3.